The first-order valence-corrected chi connectivity index (χ1v) is 8.91. The molecular formula is C15H23O7P. The highest BCUT2D eigenvalue weighted by atomic mass is 31.2. The van der Waals surface area contributed by atoms with Gasteiger partial charge in [-0.3, -0.25) is 4.57 Å². The Bertz CT molecular complexity index is 566. The molecule has 0 aliphatic heterocycles. The molecule has 1 heterocycles. The minimum absolute atomic E-state index is 0.0296. The molecular weight excluding hydrogens is 323 g/mol. The predicted octanol–water partition coefficient (Wildman–Crippen LogP) is 3.60. The Hall–Kier alpha value is -1.40. The molecule has 8 heteroatoms. The first kappa shape index (κ1) is 19.6. The van der Waals surface area contributed by atoms with Crippen molar-refractivity contribution in [3.8, 4) is 0 Å². The number of furan rings is 1. The van der Waals surface area contributed by atoms with E-state index < -0.39 is 13.6 Å². The van der Waals surface area contributed by atoms with Gasteiger partial charge in [-0.15, -0.1) is 0 Å². The molecule has 0 N–H and O–H groups in total. The lowest BCUT2D eigenvalue weighted by molar-refractivity contribution is -0.137. The van der Waals surface area contributed by atoms with Gasteiger partial charge in [0.05, 0.1) is 19.8 Å². The summed E-state index contributed by atoms with van der Waals surface area (Å²) in [5.41, 5.74) is 0. The summed E-state index contributed by atoms with van der Waals surface area (Å²) in [5.74, 6) is 0.0963. The zero-order valence-corrected chi connectivity index (χ0v) is 14.8. The fourth-order valence-corrected chi connectivity index (χ4v) is 3.52. The van der Waals surface area contributed by atoms with Crippen molar-refractivity contribution >= 4 is 18.9 Å². The van der Waals surface area contributed by atoms with Gasteiger partial charge in [0, 0.05) is 13.2 Å². The third kappa shape index (κ3) is 5.62. The van der Waals surface area contributed by atoms with Gasteiger partial charge in [-0.2, -0.15) is 0 Å². The fraction of sp³-hybridized carbons (Fsp3) is 0.533. The predicted molar refractivity (Wildman–Crippen MR) is 84.9 cm³/mol. The van der Waals surface area contributed by atoms with Gasteiger partial charge in [0.15, 0.2) is 0 Å². The number of hydrogen-bond acceptors (Lipinski definition) is 7. The molecule has 1 aromatic rings. The molecule has 0 unspecified atom stereocenters. The molecule has 0 aliphatic rings. The van der Waals surface area contributed by atoms with Crippen LogP contribution in [0.5, 0.6) is 0 Å². The molecule has 7 nitrogen and oxygen atoms in total. The maximum atomic E-state index is 13.0. The second kappa shape index (κ2) is 9.67. The summed E-state index contributed by atoms with van der Waals surface area (Å²) in [6.45, 7) is 5.81. The van der Waals surface area contributed by atoms with Crippen LogP contribution in [0.1, 0.15) is 32.3 Å². The maximum absolute atomic E-state index is 13.0. The molecule has 0 aromatic carbocycles. The van der Waals surface area contributed by atoms with Crippen molar-refractivity contribution in [2.75, 3.05) is 26.9 Å². The Morgan fingerprint density at radius 1 is 1.17 bits per heavy atom. The van der Waals surface area contributed by atoms with Crippen LogP contribution in [0.2, 0.25) is 0 Å². The Balaban J connectivity index is 3.29. The molecule has 0 saturated carbocycles. The van der Waals surface area contributed by atoms with Crippen LogP contribution >= 0.6 is 7.60 Å². The van der Waals surface area contributed by atoms with Crippen molar-refractivity contribution in [2.24, 2.45) is 0 Å². The number of carbonyl (C=O) groups is 1. The minimum Gasteiger partial charge on any atom is -0.463 e. The highest BCUT2D eigenvalue weighted by Crippen LogP contribution is 2.60. The SMILES string of the molecule is CCOC(=O)C=C(c1ccc(COC)o1)P(=O)(OCC)OCC. The first-order valence-electron chi connectivity index (χ1n) is 7.36. The van der Waals surface area contributed by atoms with Crippen LogP contribution in [0.4, 0.5) is 0 Å². The van der Waals surface area contributed by atoms with Gasteiger partial charge in [0.2, 0.25) is 0 Å². The lowest BCUT2D eigenvalue weighted by Gasteiger charge is -2.18. The number of methoxy groups -OCH3 is 1. The van der Waals surface area contributed by atoms with E-state index in [0.29, 0.717) is 5.76 Å². The summed E-state index contributed by atoms with van der Waals surface area (Å²) in [5, 5.41) is 0.0296. The van der Waals surface area contributed by atoms with Crippen molar-refractivity contribution in [1.82, 2.24) is 0 Å². The Labute approximate surface area is 136 Å². The van der Waals surface area contributed by atoms with Gasteiger partial charge < -0.3 is 22.9 Å². The van der Waals surface area contributed by atoms with E-state index in [2.05, 4.69) is 0 Å². The van der Waals surface area contributed by atoms with Gasteiger partial charge in [-0.25, -0.2) is 4.79 Å². The Kier molecular flexibility index (Phi) is 8.26. The number of ether oxygens (including phenoxy) is 2. The van der Waals surface area contributed by atoms with Gasteiger partial charge in [0.25, 0.3) is 0 Å². The highest BCUT2D eigenvalue weighted by molar-refractivity contribution is 7.65. The van der Waals surface area contributed by atoms with Crippen molar-refractivity contribution in [2.45, 2.75) is 27.4 Å². The molecule has 0 atom stereocenters. The largest absolute Gasteiger partial charge is 0.463 e. The van der Waals surface area contributed by atoms with E-state index in [4.69, 9.17) is 22.9 Å². The van der Waals surface area contributed by atoms with Crippen LogP contribution in [0.25, 0.3) is 5.31 Å². The topological polar surface area (TPSA) is 84.2 Å². The molecule has 1 aromatic heterocycles. The smallest absolute Gasteiger partial charge is 0.365 e. The van der Waals surface area contributed by atoms with E-state index in [9.17, 15) is 9.36 Å². The monoisotopic (exact) mass is 346 g/mol. The fourth-order valence-electron chi connectivity index (χ4n) is 1.83. The molecule has 0 fully saturated rings. The lowest BCUT2D eigenvalue weighted by Crippen LogP contribution is -2.04. The van der Waals surface area contributed by atoms with E-state index >= 15 is 0 Å². The van der Waals surface area contributed by atoms with Crippen molar-refractivity contribution in [3.05, 3.63) is 29.7 Å². The lowest BCUT2D eigenvalue weighted by atomic mass is 10.4. The average molecular weight is 346 g/mol. The summed E-state index contributed by atoms with van der Waals surface area (Å²) in [4.78, 5) is 11.8. The highest BCUT2D eigenvalue weighted by Gasteiger charge is 2.34. The van der Waals surface area contributed by atoms with Crippen LogP contribution in [-0.4, -0.2) is 32.9 Å². The third-order valence-corrected chi connectivity index (χ3v) is 4.77. The summed E-state index contributed by atoms with van der Waals surface area (Å²) in [6, 6.07) is 3.25. The molecule has 0 amide bonds. The van der Waals surface area contributed by atoms with E-state index in [1.165, 1.54) is 7.11 Å². The van der Waals surface area contributed by atoms with Crippen LogP contribution in [0.15, 0.2) is 22.6 Å². The normalized spacial score (nSPS) is 12.4. The standard InChI is InChI=1S/C15H23O7P/c1-5-19-15(16)10-14(23(17,20-6-2)21-7-3)13-9-8-12(22-13)11-18-4/h8-10H,5-7,11H2,1-4H3. The van der Waals surface area contributed by atoms with E-state index in [0.717, 1.165) is 6.08 Å². The second-order valence-electron chi connectivity index (χ2n) is 4.31. The number of esters is 1. The van der Waals surface area contributed by atoms with E-state index in [1.54, 1.807) is 32.9 Å². The van der Waals surface area contributed by atoms with Crippen LogP contribution < -0.4 is 0 Å². The van der Waals surface area contributed by atoms with Crippen LogP contribution in [0, 0.1) is 0 Å². The molecule has 0 saturated heterocycles. The van der Waals surface area contributed by atoms with Crippen LogP contribution in [0.3, 0.4) is 0 Å². The molecule has 1 rings (SSSR count). The number of rotatable bonds is 10. The molecule has 130 valence electrons. The second-order valence-corrected chi connectivity index (χ2v) is 6.31. The number of hydrogen-bond donors (Lipinski definition) is 0. The molecule has 0 aliphatic carbocycles. The summed E-state index contributed by atoms with van der Waals surface area (Å²) in [7, 11) is -2.18. The molecule has 0 bridgehead atoms. The van der Waals surface area contributed by atoms with Crippen molar-refractivity contribution < 1.29 is 32.3 Å². The van der Waals surface area contributed by atoms with Gasteiger partial charge in [-0.1, -0.05) is 0 Å². The van der Waals surface area contributed by atoms with Gasteiger partial charge >= 0.3 is 13.6 Å². The van der Waals surface area contributed by atoms with E-state index in [-0.39, 0.29) is 37.5 Å². The van der Waals surface area contributed by atoms with Crippen molar-refractivity contribution in [3.63, 3.8) is 0 Å². The maximum Gasteiger partial charge on any atom is 0.365 e. The summed E-state index contributed by atoms with van der Waals surface area (Å²) >= 11 is 0. The zero-order chi connectivity index (χ0) is 17.3. The quantitative estimate of drug-likeness (QED) is 0.363. The third-order valence-electron chi connectivity index (χ3n) is 2.64. The zero-order valence-electron chi connectivity index (χ0n) is 13.9. The first-order chi connectivity index (χ1) is 11.0. The Morgan fingerprint density at radius 2 is 1.83 bits per heavy atom. The molecule has 0 radical (unpaired) electrons. The Morgan fingerprint density at radius 3 is 2.35 bits per heavy atom. The van der Waals surface area contributed by atoms with Gasteiger partial charge in [-0.05, 0) is 32.9 Å². The van der Waals surface area contributed by atoms with Crippen LogP contribution in [-0.2, 0) is 34.5 Å². The summed E-state index contributed by atoms with van der Waals surface area (Å²) < 4.78 is 39.1. The van der Waals surface area contributed by atoms with Crippen molar-refractivity contribution in [1.29, 1.82) is 0 Å². The molecule has 0 spiro atoms. The number of carbonyl (C=O) groups excluding carboxylic acids is 1. The molecule has 23 heavy (non-hydrogen) atoms. The summed E-state index contributed by atoms with van der Waals surface area (Å²) in [6.07, 6.45) is 1.09. The average Bonchev–Trinajstić information content (AvgIpc) is 2.94. The minimum atomic E-state index is -3.71. The van der Waals surface area contributed by atoms with E-state index in [1.807, 2.05) is 0 Å². The van der Waals surface area contributed by atoms with Gasteiger partial charge in [0.1, 0.15) is 23.4 Å².